The summed E-state index contributed by atoms with van der Waals surface area (Å²) >= 11 is 0. The van der Waals surface area contributed by atoms with Crippen LogP contribution in [0.2, 0.25) is 0 Å². The van der Waals surface area contributed by atoms with Crippen molar-refractivity contribution in [2.45, 2.75) is 19.3 Å². The normalized spacial score (nSPS) is 14.7. The van der Waals surface area contributed by atoms with Gasteiger partial charge in [-0.25, -0.2) is 13.6 Å². The molecule has 17 heavy (non-hydrogen) atoms. The van der Waals surface area contributed by atoms with Crippen molar-refractivity contribution in [1.29, 1.82) is 0 Å². The van der Waals surface area contributed by atoms with Gasteiger partial charge in [0.15, 0.2) is 0 Å². The van der Waals surface area contributed by atoms with Crippen LogP contribution in [0.1, 0.15) is 29.6 Å². The number of halogens is 2. The van der Waals surface area contributed by atoms with Gasteiger partial charge in [0.25, 0.3) is 0 Å². The Hall–Kier alpha value is -1.65. The molecular weight excluding hydrogens is 228 g/mol. The number of rotatable bonds is 5. The SMILES string of the molecule is O=C(O)c1cc(F)c(NCCC2CC2)c(F)c1. The smallest absolute Gasteiger partial charge is 0.335 e. The fourth-order valence-electron chi connectivity index (χ4n) is 1.67. The second kappa shape index (κ2) is 4.69. The van der Waals surface area contributed by atoms with E-state index in [1.807, 2.05) is 0 Å². The van der Waals surface area contributed by atoms with Crippen LogP contribution in [0.4, 0.5) is 14.5 Å². The summed E-state index contributed by atoms with van der Waals surface area (Å²) in [5, 5.41) is 11.3. The molecule has 0 unspecified atom stereocenters. The molecule has 0 aliphatic heterocycles. The van der Waals surface area contributed by atoms with E-state index in [4.69, 9.17) is 5.11 Å². The maximum Gasteiger partial charge on any atom is 0.335 e. The van der Waals surface area contributed by atoms with Gasteiger partial charge in [-0.3, -0.25) is 0 Å². The summed E-state index contributed by atoms with van der Waals surface area (Å²) < 4.78 is 26.9. The fourth-order valence-corrected chi connectivity index (χ4v) is 1.67. The van der Waals surface area contributed by atoms with Gasteiger partial charge in [-0.05, 0) is 24.5 Å². The van der Waals surface area contributed by atoms with Crippen LogP contribution < -0.4 is 5.32 Å². The van der Waals surface area contributed by atoms with Gasteiger partial charge in [-0.2, -0.15) is 0 Å². The molecule has 1 aliphatic carbocycles. The van der Waals surface area contributed by atoms with E-state index in [0.29, 0.717) is 12.5 Å². The number of aromatic carboxylic acids is 1. The lowest BCUT2D eigenvalue weighted by Gasteiger charge is -2.09. The lowest BCUT2D eigenvalue weighted by Crippen LogP contribution is -2.08. The largest absolute Gasteiger partial charge is 0.478 e. The van der Waals surface area contributed by atoms with Gasteiger partial charge in [0.05, 0.1) is 5.56 Å². The summed E-state index contributed by atoms with van der Waals surface area (Å²) in [5.74, 6) is -2.39. The van der Waals surface area contributed by atoms with E-state index in [-0.39, 0.29) is 11.3 Å². The Bertz CT molecular complexity index is 421. The third-order valence-corrected chi connectivity index (χ3v) is 2.84. The van der Waals surface area contributed by atoms with Crippen LogP contribution in [0, 0.1) is 17.6 Å². The minimum Gasteiger partial charge on any atom is -0.478 e. The summed E-state index contributed by atoms with van der Waals surface area (Å²) in [6.07, 6.45) is 3.26. The maximum atomic E-state index is 13.4. The minimum absolute atomic E-state index is 0.240. The highest BCUT2D eigenvalue weighted by Crippen LogP contribution is 2.32. The van der Waals surface area contributed by atoms with Crippen LogP contribution in [-0.4, -0.2) is 17.6 Å². The number of benzene rings is 1. The maximum absolute atomic E-state index is 13.4. The first kappa shape index (κ1) is 11.8. The molecule has 1 fully saturated rings. The zero-order valence-electron chi connectivity index (χ0n) is 9.17. The highest BCUT2D eigenvalue weighted by atomic mass is 19.1. The van der Waals surface area contributed by atoms with Gasteiger partial charge in [-0.1, -0.05) is 12.8 Å². The number of carboxylic acid groups (broad SMARTS) is 1. The van der Waals surface area contributed by atoms with E-state index in [1.54, 1.807) is 0 Å². The molecule has 2 rings (SSSR count). The van der Waals surface area contributed by atoms with Crippen molar-refractivity contribution in [2.24, 2.45) is 5.92 Å². The van der Waals surface area contributed by atoms with Crippen LogP contribution in [0.25, 0.3) is 0 Å². The minimum atomic E-state index is -1.34. The van der Waals surface area contributed by atoms with E-state index < -0.39 is 17.6 Å². The van der Waals surface area contributed by atoms with Crippen molar-refractivity contribution in [3.8, 4) is 0 Å². The number of nitrogens with one attached hydrogen (secondary N) is 1. The highest BCUT2D eigenvalue weighted by molar-refractivity contribution is 5.88. The van der Waals surface area contributed by atoms with E-state index >= 15 is 0 Å². The van der Waals surface area contributed by atoms with E-state index in [0.717, 1.165) is 18.6 Å². The molecule has 3 nitrogen and oxygen atoms in total. The molecular formula is C12H13F2NO2. The Balaban J connectivity index is 2.07. The molecule has 0 aromatic heterocycles. The molecule has 0 atom stereocenters. The van der Waals surface area contributed by atoms with Crippen molar-refractivity contribution >= 4 is 11.7 Å². The average Bonchev–Trinajstić information content (AvgIpc) is 3.05. The van der Waals surface area contributed by atoms with E-state index in [9.17, 15) is 13.6 Å². The molecule has 1 saturated carbocycles. The van der Waals surface area contributed by atoms with Crippen LogP contribution in [0.15, 0.2) is 12.1 Å². The molecule has 1 aromatic rings. The monoisotopic (exact) mass is 241 g/mol. The third-order valence-electron chi connectivity index (χ3n) is 2.84. The molecule has 0 heterocycles. The van der Waals surface area contributed by atoms with Crippen molar-refractivity contribution in [3.05, 3.63) is 29.3 Å². The van der Waals surface area contributed by atoms with Crippen molar-refractivity contribution in [3.63, 3.8) is 0 Å². The number of hydrogen-bond acceptors (Lipinski definition) is 2. The number of carboxylic acids is 1. The summed E-state index contributed by atoms with van der Waals surface area (Å²) in [6, 6.07) is 1.65. The van der Waals surface area contributed by atoms with Gasteiger partial charge in [0, 0.05) is 6.54 Å². The van der Waals surface area contributed by atoms with Gasteiger partial charge in [0.2, 0.25) is 0 Å². The highest BCUT2D eigenvalue weighted by Gasteiger charge is 2.21. The molecule has 0 radical (unpaired) electrons. The molecule has 0 spiro atoms. The first-order valence-corrected chi connectivity index (χ1v) is 5.54. The van der Waals surface area contributed by atoms with Crippen LogP contribution in [0.3, 0.4) is 0 Å². The first-order valence-electron chi connectivity index (χ1n) is 5.54. The molecule has 1 aromatic carbocycles. The quantitative estimate of drug-likeness (QED) is 0.833. The summed E-state index contributed by atoms with van der Waals surface area (Å²) in [5.41, 5.74) is -0.622. The number of carbonyl (C=O) groups is 1. The second-order valence-electron chi connectivity index (χ2n) is 4.28. The van der Waals surface area contributed by atoms with Crippen molar-refractivity contribution < 1.29 is 18.7 Å². The average molecular weight is 241 g/mol. The predicted molar refractivity (Wildman–Crippen MR) is 59.1 cm³/mol. The Morgan fingerprint density at radius 1 is 1.35 bits per heavy atom. The lowest BCUT2D eigenvalue weighted by atomic mass is 10.2. The van der Waals surface area contributed by atoms with Gasteiger partial charge in [0.1, 0.15) is 17.3 Å². The second-order valence-corrected chi connectivity index (χ2v) is 4.28. The summed E-state index contributed by atoms with van der Waals surface area (Å²) in [4.78, 5) is 10.6. The van der Waals surface area contributed by atoms with E-state index in [2.05, 4.69) is 5.32 Å². The molecule has 2 N–H and O–H groups in total. The first-order chi connectivity index (χ1) is 8.08. The summed E-state index contributed by atoms with van der Waals surface area (Å²) in [6.45, 7) is 0.505. The molecule has 1 aliphatic rings. The van der Waals surface area contributed by atoms with E-state index in [1.165, 1.54) is 12.8 Å². The van der Waals surface area contributed by atoms with Gasteiger partial charge >= 0.3 is 5.97 Å². The standard InChI is InChI=1S/C12H13F2NO2/c13-9-5-8(12(16)17)6-10(14)11(9)15-4-3-7-1-2-7/h5-7,15H,1-4H2,(H,16,17). The molecule has 0 bridgehead atoms. The van der Waals surface area contributed by atoms with Crippen LogP contribution in [0.5, 0.6) is 0 Å². The Kier molecular flexibility index (Phi) is 3.26. The fraction of sp³-hybridized carbons (Fsp3) is 0.417. The zero-order valence-corrected chi connectivity index (χ0v) is 9.17. The van der Waals surface area contributed by atoms with Gasteiger partial charge in [-0.15, -0.1) is 0 Å². The molecule has 5 heteroatoms. The number of anilines is 1. The van der Waals surface area contributed by atoms with Crippen LogP contribution >= 0.6 is 0 Å². The zero-order chi connectivity index (χ0) is 12.4. The Morgan fingerprint density at radius 3 is 2.41 bits per heavy atom. The van der Waals surface area contributed by atoms with Crippen molar-refractivity contribution in [2.75, 3.05) is 11.9 Å². The molecule has 0 saturated heterocycles. The Morgan fingerprint density at radius 2 is 1.94 bits per heavy atom. The van der Waals surface area contributed by atoms with Crippen molar-refractivity contribution in [1.82, 2.24) is 0 Å². The molecule has 92 valence electrons. The molecule has 0 amide bonds. The summed E-state index contributed by atoms with van der Waals surface area (Å²) in [7, 11) is 0. The van der Waals surface area contributed by atoms with Crippen LogP contribution in [-0.2, 0) is 0 Å². The predicted octanol–water partition coefficient (Wildman–Crippen LogP) is 2.88. The lowest BCUT2D eigenvalue weighted by molar-refractivity contribution is 0.0696. The Labute approximate surface area is 97.5 Å². The number of hydrogen-bond donors (Lipinski definition) is 2. The topological polar surface area (TPSA) is 49.3 Å². The van der Waals surface area contributed by atoms with Gasteiger partial charge < -0.3 is 10.4 Å². The third kappa shape index (κ3) is 2.93.